The van der Waals surface area contributed by atoms with E-state index in [2.05, 4.69) is 36.2 Å². The number of anilines is 1. The van der Waals surface area contributed by atoms with Crippen molar-refractivity contribution in [2.24, 2.45) is 5.92 Å². The first-order valence-electron chi connectivity index (χ1n) is 11.3. The van der Waals surface area contributed by atoms with Crippen LogP contribution in [0.1, 0.15) is 50.8 Å². The fourth-order valence-corrected chi connectivity index (χ4v) is 4.53. The molecule has 1 aromatic heterocycles. The summed E-state index contributed by atoms with van der Waals surface area (Å²) in [7, 11) is 1.72. The first-order valence-corrected chi connectivity index (χ1v) is 11.3. The molecule has 5 nitrogen and oxygen atoms in total. The molecule has 0 atom stereocenters. The van der Waals surface area contributed by atoms with Gasteiger partial charge in [0.05, 0.1) is 19.2 Å². The molecule has 2 aliphatic rings. The SMILES string of the molecule is COc1cc2c(NCC(C)C)c3c(nc2cc1OCCCN1CCCC1)CCC3. The van der Waals surface area contributed by atoms with Crippen LogP contribution in [0.4, 0.5) is 5.69 Å². The lowest BCUT2D eigenvalue weighted by Crippen LogP contribution is -2.21. The molecule has 0 radical (unpaired) electrons. The molecule has 1 aromatic carbocycles. The Hall–Kier alpha value is -2.01. The number of likely N-dealkylation sites (tertiary alicyclic amines) is 1. The van der Waals surface area contributed by atoms with E-state index in [4.69, 9.17) is 14.5 Å². The van der Waals surface area contributed by atoms with Crippen LogP contribution in [0.5, 0.6) is 11.5 Å². The minimum atomic E-state index is 0.593. The van der Waals surface area contributed by atoms with Gasteiger partial charge in [-0.05, 0) is 69.2 Å². The fourth-order valence-electron chi connectivity index (χ4n) is 4.53. The molecule has 1 N–H and O–H groups in total. The van der Waals surface area contributed by atoms with Crippen LogP contribution in [0.15, 0.2) is 12.1 Å². The van der Waals surface area contributed by atoms with Crippen LogP contribution in [0.2, 0.25) is 0 Å². The van der Waals surface area contributed by atoms with Crippen molar-refractivity contribution in [3.8, 4) is 11.5 Å². The predicted octanol–water partition coefficient (Wildman–Crippen LogP) is 4.66. The zero-order valence-corrected chi connectivity index (χ0v) is 18.2. The molecular weight excluding hydrogens is 362 g/mol. The van der Waals surface area contributed by atoms with Gasteiger partial charge in [-0.15, -0.1) is 0 Å². The molecule has 29 heavy (non-hydrogen) atoms. The van der Waals surface area contributed by atoms with Crippen molar-refractivity contribution in [3.05, 3.63) is 23.4 Å². The Labute approximate surface area is 174 Å². The highest BCUT2D eigenvalue weighted by Crippen LogP contribution is 2.39. The molecule has 0 amide bonds. The van der Waals surface area contributed by atoms with Crippen molar-refractivity contribution in [3.63, 3.8) is 0 Å². The third-order valence-corrected chi connectivity index (χ3v) is 6.06. The van der Waals surface area contributed by atoms with Crippen LogP contribution in [-0.2, 0) is 12.8 Å². The van der Waals surface area contributed by atoms with Crippen LogP contribution in [0, 0.1) is 5.92 Å². The Morgan fingerprint density at radius 3 is 2.69 bits per heavy atom. The van der Waals surface area contributed by atoms with Gasteiger partial charge >= 0.3 is 0 Å². The highest BCUT2D eigenvalue weighted by Gasteiger charge is 2.21. The molecule has 0 unspecified atom stereocenters. The van der Waals surface area contributed by atoms with Gasteiger partial charge in [-0.3, -0.25) is 4.98 Å². The molecule has 1 aliphatic heterocycles. The van der Waals surface area contributed by atoms with E-state index in [0.29, 0.717) is 12.5 Å². The van der Waals surface area contributed by atoms with E-state index < -0.39 is 0 Å². The van der Waals surface area contributed by atoms with E-state index in [1.165, 1.54) is 49.3 Å². The molecule has 1 fully saturated rings. The highest BCUT2D eigenvalue weighted by molar-refractivity contribution is 5.96. The van der Waals surface area contributed by atoms with Crippen molar-refractivity contribution >= 4 is 16.6 Å². The van der Waals surface area contributed by atoms with Crippen molar-refractivity contribution in [2.45, 2.75) is 52.4 Å². The van der Waals surface area contributed by atoms with Gasteiger partial charge in [0.1, 0.15) is 0 Å². The van der Waals surface area contributed by atoms with Gasteiger partial charge in [0.25, 0.3) is 0 Å². The van der Waals surface area contributed by atoms with Gasteiger partial charge in [0.2, 0.25) is 0 Å². The van der Waals surface area contributed by atoms with Crippen molar-refractivity contribution in [2.75, 3.05) is 45.2 Å². The number of rotatable bonds is 9. The number of hydrogen-bond acceptors (Lipinski definition) is 5. The zero-order valence-electron chi connectivity index (χ0n) is 18.2. The number of benzene rings is 1. The maximum atomic E-state index is 6.14. The Bertz CT molecular complexity index is 844. The third kappa shape index (κ3) is 4.61. The molecule has 1 saturated heterocycles. The van der Waals surface area contributed by atoms with Crippen LogP contribution in [0.25, 0.3) is 10.9 Å². The van der Waals surface area contributed by atoms with Crippen molar-refractivity contribution in [1.82, 2.24) is 9.88 Å². The maximum Gasteiger partial charge on any atom is 0.163 e. The van der Waals surface area contributed by atoms with Crippen LogP contribution in [0.3, 0.4) is 0 Å². The lowest BCUT2D eigenvalue weighted by Gasteiger charge is -2.19. The first kappa shape index (κ1) is 20.3. The number of nitrogens with one attached hydrogen (secondary N) is 1. The summed E-state index contributed by atoms with van der Waals surface area (Å²) >= 11 is 0. The molecule has 4 rings (SSSR count). The number of methoxy groups -OCH3 is 1. The average Bonchev–Trinajstić information content (AvgIpc) is 3.39. The number of aromatic nitrogens is 1. The quantitative estimate of drug-likeness (QED) is 0.623. The summed E-state index contributed by atoms with van der Waals surface area (Å²) in [5.74, 6) is 2.20. The number of fused-ring (bicyclic) bond motifs is 2. The molecule has 1 aliphatic carbocycles. The van der Waals surface area contributed by atoms with Crippen LogP contribution in [-0.4, -0.2) is 49.8 Å². The summed E-state index contributed by atoms with van der Waals surface area (Å²) in [5.41, 5.74) is 4.88. The summed E-state index contributed by atoms with van der Waals surface area (Å²) in [6, 6.07) is 4.18. The molecule has 2 heterocycles. The minimum absolute atomic E-state index is 0.593. The van der Waals surface area contributed by atoms with Gasteiger partial charge in [0.15, 0.2) is 11.5 Å². The molecule has 2 aromatic rings. The second kappa shape index (κ2) is 9.21. The van der Waals surface area contributed by atoms with Crippen LogP contribution < -0.4 is 14.8 Å². The van der Waals surface area contributed by atoms with E-state index >= 15 is 0 Å². The number of aryl methyl sites for hydroxylation is 1. The van der Waals surface area contributed by atoms with E-state index in [1.54, 1.807) is 7.11 Å². The standard InChI is InChI=1S/C24H35N3O2/c1-17(2)16-25-24-18-8-6-9-20(18)26-21-15-23(22(28-3)14-19(21)24)29-13-7-12-27-10-4-5-11-27/h14-15,17H,4-13,16H2,1-3H3,(H,25,26). The van der Waals surface area contributed by atoms with Gasteiger partial charge in [0, 0.05) is 35.9 Å². The summed E-state index contributed by atoms with van der Waals surface area (Å²) in [4.78, 5) is 7.51. The molecule has 0 bridgehead atoms. The van der Waals surface area contributed by atoms with E-state index in [9.17, 15) is 0 Å². The summed E-state index contributed by atoms with van der Waals surface area (Å²) in [5, 5.41) is 4.85. The number of nitrogens with zero attached hydrogens (tertiary/aromatic N) is 2. The first-order chi connectivity index (χ1) is 14.2. The molecule has 0 spiro atoms. The molecular formula is C24H35N3O2. The van der Waals surface area contributed by atoms with Crippen molar-refractivity contribution < 1.29 is 9.47 Å². The zero-order chi connectivity index (χ0) is 20.2. The average molecular weight is 398 g/mol. The van der Waals surface area contributed by atoms with Gasteiger partial charge < -0.3 is 19.7 Å². The minimum Gasteiger partial charge on any atom is -0.493 e. The smallest absolute Gasteiger partial charge is 0.163 e. The lowest BCUT2D eigenvalue weighted by molar-refractivity contribution is 0.254. The predicted molar refractivity (Wildman–Crippen MR) is 119 cm³/mol. The van der Waals surface area contributed by atoms with Crippen LogP contribution >= 0.6 is 0 Å². The normalized spacial score (nSPS) is 16.6. The van der Waals surface area contributed by atoms with Gasteiger partial charge in [-0.1, -0.05) is 13.8 Å². The summed E-state index contributed by atoms with van der Waals surface area (Å²) in [6.45, 7) is 9.74. The Kier molecular flexibility index (Phi) is 6.43. The topological polar surface area (TPSA) is 46.6 Å². The molecule has 0 saturated carbocycles. The Morgan fingerprint density at radius 2 is 1.93 bits per heavy atom. The van der Waals surface area contributed by atoms with E-state index in [-0.39, 0.29) is 0 Å². The highest BCUT2D eigenvalue weighted by atomic mass is 16.5. The lowest BCUT2D eigenvalue weighted by atomic mass is 10.1. The second-order valence-corrected chi connectivity index (χ2v) is 8.81. The largest absolute Gasteiger partial charge is 0.493 e. The number of hydrogen-bond donors (Lipinski definition) is 1. The van der Waals surface area contributed by atoms with Gasteiger partial charge in [-0.2, -0.15) is 0 Å². The Balaban J connectivity index is 1.56. The molecule has 5 heteroatoms. The fraction of sp³-hybridized carbons (Fsp3) is 0.625. The molecule has 158 valence electrons. The number of ether oxygens (including phenoxy) is 2. The van der Waals surface area contributed by atoms with Crippen molar-refractivity contribution in [1.29, 1.82) is 0 Å². The number of pyridine rings is 1. The summed E-state index contributed by atoms with van der Waals surface area (Å²) in [6.07, 6.45) is 7.08. The second-order valence-electron chi connectivity index (χ2n) is 8.81. The Morgan fingerprint density at radius 1 is 1.10 bits per heavy atom. The monoisotopic (exact) mass is 397 g/mol. The van der Waals surface area contributed by atoms with E-state index in [0.717, 1.165) is 54.8 Å². The van der Waals surface area contributed by atoms with Gasteiger partial charge in [-0.25, -0.2) is 0 Å². The summed E-state index contributed by atoms with van der Waals surface area (Å²) < 4.78 is 11.8. The third-order valence-electron chi connectivity index (χ3n) is 6.06. The maximum absolute atomic E-state index is 6.14. The van der Waals surface area contributed by atoms with E-state index in [1.807, 2.05) is 0 Å².